The first-order valence-electron chi connectivity index (χ1n) is 7.24. The van der Waals surface area contributed by atoms with Gasteiger partial charge in [-0.25, -0.2) is 0 Å². The van der Waals surface area contributed by atoms with Gasteiger partial charge in [0.25, 0.3) is 5.91 Å². The Morgan fingerprint density at radius 3 is 2.73 bits per heavy atom. The van der Waals surface area contributed by atoms with E-state index in [-0.39, 0.29) is 12.3 Å². The normalized spacial score (nSPS) is 10.9. The molecule has 2 aromatic rings. The van der Waals surface area contributed by atoms with Crippen molar-refractivity contribution in [1.29, 1.82) is 0 Å². The molecule has 0 atom stereocenters. The first kappa shape index (κ1) is 16.4. The van der Waals surface area contributed by atoms with Gasteiger partial charge >= 0.3 is 5.97 Å². The third-order valence-corrected chi connectivity index (χ3v) is 3.90. The minimum atomic E-state index is -0.859. The van der Waals surface area contributed by atoms with Crippen LogP contribution in [-0.2, 0) is 11.3 Å². The first-order valence-corrected chi connectivity index (χ1v) is 7.61. The van der Waals surface area contributed by atoms with Gasteiger partial charge in [0.15, 0.2) is 0 Å². The molecule has 0 fully saturated rings. The number of carbonyl (C=O) groups excluding carboxylic acids is 1. The van der Waals surface area contributed by atoms with Crippen molar-refractivity contribution >= 4 is 34.4 Å². The van der Waals surface area contributed by atoms with Crippen LogP contribution in [0.15, 0.2) is 18.2 Å². The molecule has 0 aliphatic carbocycles. The lowest BCUT2D eigenvalue weighted by Gasteiger charge is -2.09. The molecule has 0 aliphatic heterocycles. The molecule has 118 valence electrons. The Labute approximate surface area is 133 Å². The van der Waals surface area contributed by atoms with Crippen molar-refractivity contribution in [3.05, 3.63) is 34.5 Å². The second-order valence-corrected chi connectivity index (χ2v) is 5.57. The molecule has 1 amide bonds. The Bertz CT molecular complexity index is 722. The molecule has 0 aliphatic rings. The zero-order chi connectivity index (χ0) is 16.3. The van der Waals surface area contributed by atoms with E-state index < -0.39 is 5.97 Å². The maximum atomic E-state index is 12.4. The zero-order valence-corrected chi connectivity index (χ0v) is 13.4. The van der Waals surface area contributed by atoms with Crippen LogP contribution in [0.3, 0.4) is 0 Å². The SMILES string of the molecule is CCn1c(C(=O)NCCCC(=O)O)c(C)c2cc(Cl)ccc21. The molecule has 1 aromatic heterocycles. The molecule has 1 heterocycles. The number of halogens is 1. The molecule has 22 heavy (non-hydrogen) atoms. The number of fused-ring (bicyclic) bond motifs is 1. The summed E-state index contributed by atoms with van der Waals surface area (Å²) in [6.07, 6.45) is 0.462. The minimum absolute atomic E-state index is 0.0473. The summed E-state index contributed by atoms with van der Waals surface area (Å²) >= 11 is 6.04. The number of aromatic nitrogens is 1. The van der Waals surface area contributed by atoms with Gasteiger partial charge in [-0.15, -0.1) is 0 Å². The number of hydrogen-bond donors (Lipinski definition) is 2. The lowest BCUT2D eigenvalue weighted by atomic mass is 10.1. The highest BCUT2D eigenvalue weighted by atomic mass is 35.5. The van der Waals surface area contributed by atoms with Gasteiger partial charge in [0.2, 0.25) is 0 Å². The number of aliphatic carboxylic acids is 1. The maximum Gasteiger partial charge on any atom is 0.303 e. The molecular weight excluding hydrogens is 304 g/mol. The topological polar surface area (TPSA) is 71.3 Å². The molecule has 2 N–H and O–H groups in total. The van der Waals surface area contributed by atoms with Crippen LogP contribution in [0.2, 0.25) is 5.02 Å². The van der Waals surface area contributed by atoms with Crippen molar-refractivity contribution in [2.24, 2.45) is 0 Å². The Morgan fingerprint density at radius 1 is 1.36 bits per heavy atom. The van der Waals surface area contributed by atoms with E-state index in [1.54, 1.807) is 0 Å². The molecule has 0 saturated heterocycles. The number of rotatable bonds is 6. The van der Waals surface area contributed by atoms with Crippen LogP contribution in [0.25, 0.3) is 10.9 Å². The molecule has 2 rings (SSSR count). The number of amides is 1. The maximum absolute atomic E-state index is 12.4. The van der Waals surface area contributed by atoms with E-state index in [2.05, 4.69) is 5.32 Å². The smallest absolute Gasteiger partial charge is 0.303 e. The third kappa shape index (κ3) is 3.25. The van der Waals surface area contributed by atoms with Gasteiger partial charge in [-0.3, -0.25) is 9.59 Å². The molecule has 0 saturated carbocycles. The van der Waals surface area contributed by atoms with Crippen LogP contribution >= 0.6 is 11.6 Å². The summed E-state index contributed by atoms with van der Waals surface area (Å²) in [6.45, 7) is 4.89. The number of carboxylic acid groups (broad SMARTS) is 1. The fourth-order valence-corrected chi connectivity index (χ4v) is 2.81. The van der Waals surface area contributed by atoms with Crippen molar-refractivity contribution in [2.75, 3.05) is 6.54 Å². The fourth-order valence-electron chi connectivity index (χ4n) is 2.64. The number of carboxylic acids is 1. The highest BCUT2D eigenvalue weighted by Crippen LogP contribution is 2.28. The highest BCUT2D eigenvalue weighted by Gasteiger charge is 2.19. The van der Waals surface area contributed by atoms with Crippen LogP contribution in [0.1, 0.15) is 35.8 Å². The summed E-state index contributed by atoms with van der Waals surface area (Å²) < 4.78 is 1.95. The van der Waals surface area contributed by atoms with Gasteiger partial charge in [0.1, 0.15) is 5.69 Å². The van der Waals surface area contributed by atoms with Gasteiger partial charge in [0, 0.05) is 35.4 Å². The average molecular weight is 323 g/mol. The van der Waals surface area contributed by atoms with E-state index in [1.807, 2.05) is 36.6 Å². The molecule has 6 heteroatoms. The number of carbonyl (C=O) groups is 2. The van der Waals surface area contributed by atoms with Gasteiger partial charge in [0.05, 0.1) is 0 Å². The molecular formula is C16H19ClN2O3. The summed E-state index contributed by atoms with van der Waals surface area (Å²) in [5.74, 6) is -1.04. The summed E-state index contributed by atoms with van der Waals surface area (Å²) in [6, 6.07) is 5.58. The zero-order valence-electron chi connectivity index (χ0n) is 12.6. The number of nitrogens with one attached hydrogen (secondary N) is 1. The van der Waals surface area contributed by atoms with Crippen molar-refractivity contribution in [2.45, 2.75) is 33.2 Å². The Kier molecular flexibility index (Phi) is 5.08. The number of benzene rings is 1. The average Bonchev–Trinajstić information content (AvgIpc) is 2.75. The van der Waals surface area contributed by atoms with Crippen LogP contribution < -0.4 is 5.32 Å². The largest absolute Gasteiger partial charge is 0.481 e. The molecule has 0 radical (unpaired) electrons. The monoisotopic (exact) mass is 322 g/mol. The predicted molar refractivity (Wildman–Crippen MR) is 86.6 cm³/mol. The Morgan fingerprint density at radius 2 is 2.09 bits per heavy atom. The lowest BCUT2D eigenvalue weighted by molar-refractivity contribution is -0.137. The van der Waals surface area contributed by atoms with E-state index >= 15 is 0 Å². The Hall–Kier alpha value is -2.01. The van der Waals surface area contributed by atoms with Crippen molar-refractivity contribution in [1.82, 2.24) is 9.88 Å². The van der Waals surface area contributed by atoms with Crippen molar-refractivity contribution in [3.63, 3.8) is 0 Å². The summed E-state index contributed by atoms with van der Waals surface area (Å²) in [5, 5.41) is 13.0. The van der Waals surface area contributed by atoms with Crippen LogP contribution in [0, 0.1) is 6.92 Å². The van der Waals surface area contributed by atoms with Crippen LogP contribution in [-0.4, -0.2) is 28.1 Å². The van der Waals surface area contributed by atoms with E-state index in [4.69, 9.17) is 16.7 Å². The summed E-state index contributed by atoms with van der Waals surface area (Å²) in [5.41, 5.74) is 2.46. The third-order valence-electron chi connectivity index (χ3n) is 3.66. The van der Waals surface area contributed by atoms with E-state index in [0.29, 0.717) is 30.2 Å². The molecule has 1 aromatic carbocycles. The number of aryl methyl sites for hydroxylation is 2. The molecule has 0 bridgehead atoms. The quantitative estimate of drug-likeness (QED) is 0.802. The second kappa shape index (κ2) is 6.83. The molecule has 5 nitrogen and oxygen atoms in total. The van der Waals surface area contributed by atoms with Gasteiger partial charge < -0.3 is 15.0 Å². The van der Waals surface area contributed by atoms with Gasteiger partial charge in [-0.1, -0.05) is 11.6 Å². The van der Waals surface area contributed by atoms with Crippen molar-refractivity contribution in [3.8, 4) is 0 Å². The van der Waals surface area contributed by atoms with E-state index in [9.17, 15) is 9.59 Å². The lowest BCUT2D eigenvalue weighted by Crippen LogP contribution is -2.27. The number of nitrogens with zero attached hydrogens (tertiary/aromatic N) is 1. The van der Waals surface area contributed by atoms with Crippen LogP contribution in [0.4, 0.5) is 0 Å². The molecule has 0 spiro atoms. The van der Waals surface area contributed by atoms with Crippen LogP contribution in [0.5, 0.6) is 0 Å². The Balaban J connectivity index is 2.28. The standard InChI is InChI=1S/C16H19ClN2O3/c1-3-19-13-7-6-11(17)9-12(13)10(2)15(19)16(22)18-8-4-5-14(20)21/h6-7,9H,3-5,8H2,1-2H3,(H,18,22)(H,20,21). The number of hydrogen-bond acceptors (Lipinski definition) is 2. The molecule has 0 unspecified atom stereocenters. The van der Waals surface area contributed by atoms with Gasteiger partial charge in [-0.2, -0.15) is 0 Å². The minimum Gasteiger partial charge on any atom is -0.481 e. The first-order chi connectivity index (χ1) is 10.5. The van der Waals surface area contributed by atoms with Crippen molar-refractivity contribution < 1.29 is 14.7 Å². The fraction of sp³-hybridized carbons (Fsp3) is 0.375. The summed E-state index contributed by atoms with van der Waals surface area (Å²) in [7, 11) is 0. The second-order valence-electron chi connectivity index (χ2n) is 5.13. The summed E-state index contributed by atoms with van der Waals surface area (Å²) in [4.78, 5) is 22.9. The van der Waals surface area contributed by atoms with Gasteiger partial charge in [-0.05, 0) is 44.0 Å². The predicted octanol–water partition coefficient (Wildman–Crippen LogP) is 3.22. The van der Waals surface area contributed by atoms with E-state index in [0.717, 1.165) is 16.5 Å². The highest BCUT2D eigenvalue weighted by molar-refractivity contribution is 6.31. The van der Waals surface area contributed by atoms with E-state index in [1.165, 1.54) is 0 Å².